The Morgan fingerprint density at radius 3 is 1.62 bits per heavy atom. The van der Waals surface area contributed by atoms with Gasteiger partial charge in [0.15, 0.2) is 11.6 Å². The molecular formula is C52H32N4. The van der Waals surface area contributed by atoms with Gasteiger partial charge >= 0.3 is 0 Å². The van der Waals surface area contributed by atoms with Crippen LogP contribution in [0.25, 0.3) is 111 Å². The molecule has 2 heterocycles. The van der Waals surface area contributed by atoms with Gasteiger partial charge in [-0.1, -0.05) is 170 Å². The zero-order valence-corrected chi connectivity index (χ0v) is 30.3. The Hall–Kier alpha value is -7.56. The summed E-state index contributed by atoms with van der Waals surface area (Å²) in [7, 11) is 0. The lowest BCUT2D eigenvalue weighted by Crippen LogP contribution is -1.99. The summed E-state index contributed by atoms with van der Waals surface area (Å²) >= 11 is 0. The molecule has 0 amide bonds. The maximum Gasteiger partial charge on any atom is 0.161 e. The van der Waals surface area contributed by atoms with E-state index in [2.05, 4.69) is 170 Å². The first-order valence-electron chi connectivity index (χ1n) is 18.9. The van der Waals surface area contributed by atoms with Crippen LogP contribution in [0.4, 0.5) is 0 Å². The molecule has 260 valence electrons. The molecule has 0 N–H and O–H groups in total. The summed E-state index contributed by atoms with van der Waals surface area (Å²) < 4.78 is 0. The fraction of sp³-hybridized carbons (Fsp3) is 0. The SMILES string of the molecule is c1ccc(-c2cccc(-c3nc(-c4cc(-c5cc(-c6ccccc6)nc(-c6ccccc6)n5)c5ccc6cccc7ccc4c5c67)nc4ccccc34)c2)cc1. The molecule has 0 spiro atoms. The third kappa shape index (κ3) is 5.39. The Kier molecular flexibility index (Phi) is 7.46. The van der Waals surface area contributed by atoms with Crippen LogP contribution in [-0.2, 0) is 0 Å². The van der Waals surface area contributed by atoms with Crippen LogP contribution in [-0.4, -0.2) is 19.9 Å². The van der Waals surface area contributed by atoms with E-state index in [-0.39, 0.29) is 0 Å². The highest BCUT2D eigenvalue weighted by molar-refractivity contribution is 6.28. The Balaban J connectivity index is 1.21. The molecule has 2 aromatic heterocycles. The van der Waals surface area contributed by atoms with Crippen molar-refractivity contribution >= 4 is 43.2 Å². The normalized spacial score (nSPS) is 11.6. The summed E-state index contributed by atoms with van der Waals surface area (Å²) in [5.74, 6) is 1.35. The maximum absolute atomic E-state index is 5.48. The van der Waals surface area contributed by atoms with Gasteiger partial charge in [0.05, 0.1) is 22.6 Å². The number of nitrogens with zero attached hydrogens (tertiary/aromatic N) is 4. The number of hydrogen-bond donors (Lipinski definition) is 0. The Bertz CT molecular complexity index is 3160. The van der Waals surface area contributed by atoms with Crippen molar-refractivity contribution < 1.29 is 0 Å². The minimum absolute atomic E-state index is 0.670. The second kappa shape index (κ2) is 13.1. The van der Waals surface area contributed by atoms with Gasteiger partial charge in [-0.3, -0.25) is 0 Å². The Labute approximate surface area is 323 Å². The highest BCUT2D eigenvalue weighted by atomic mass is 14.9. The summed E-state index contributed by atoms with van der Waals surface area (Å²) in [5.41, 5.74) is 10.8. The van der Waals surface area contributed by atoms with Crippen LogP contribution in [0.15, 0.2) is 194 Å². The van der Waals surface area contributed by atoms with E-state index in [9.17, 15) is 0 Å². The number of aromatic nitrogens is 4. The third-order valence-corrected chi connectivity index (χ3v) is 10.8. The molecule has 0 saturated heterocycles. The Morgan fingerprint density at radius 2 is 0.875 bits per heavy atom. The standard InChI is InChI=1S/C52H32N4/c1-4-14-33(15-5-1)38-22-13-23-39(30-38)50-42-24-10-11-25-45(42)53-52(56-50)44-31-43(40-28-26-35-20-12-21-36-27-29-41(44)49(40)48(35)36)47-32-46(34-16-6-2-7-17-34)54-51(55-47)37-18-8-3-9-19-37/h1-32H. The average molecular weight is 713 g/mol. The molecule has 0 aliphatic carbocycles. The molecule has 56 heavy (non-hydrogen) atoms. The number of benzene rings is 9. The monoisotopic (exact) mass is 712 g/mol. The topological polar surface area (TPSA) is 51.6 Å². The maximum atomic E-state index is 5.48. The van der Waals surface area contributed by atoms with Crippen molar-refractivity contribution in [1.29, 1.82) is 0 Å². The van der Waals surface area contributed by atoms with E-state index in [0.717, 1.165) is 72.1 Å². The van der Waals surface area contributed by atoms with Crippen molar-refractivity contribution in [3.05, 3.63) is 194 Å². The van der Waals surface area contributed by atoms with E-state index >= 15 is 0 Å². The minimum Gasteiger partial charge on any atom is -0.228 e. The molecule has 11 rings (SSSR count). The largest absolute Gasteiger partial charge is 0.228 e. The molecule has 0 atom stereocenters. The molecule has 0 saturated carbocycles. The number of rotatable bonds is 6. The Morgan fingerprint density at radius 1 is 0.286 bits per heavy atom. The predicted molar refractivity (Wildman–Crippen MR) is 231 cm³/mol. The van der Waals surface area contributed by atoms with Gasteiger partial charge < -0.3 is 0 Å². The van der Waals surface area contributed by atoms with E-state index in [0.29, 0.717) is 11.6 Å². The molecule has 9 aromatic carbocycles. The van der Waals surface area contributed by atoms with Gasteiger partial charge in [0.2, 0.25) is 0 Å². The van der Waals surface area contributed by atoms with Gasteiger partial charge in [-0.2, -0.15) is 0 Å². The lowest BCUT2D eigenvalue weighted by molar-refractivity contribution is 1.18. The third-order valence-electron chi connectivity index (χ3n) is 10.8. The predicted octanol–water partition coefficient (Wildman–Crippen LogP) is 13.3. The van der Waals surface area contributed by atoms with Crippen molar-refractivity contribution in [3.63, 3.8) is 0 Å². The molecule has 0 aliphatic heterocycles. The number of fused-ring (bicyclic) bond motifs is 1. The average Bonchev–Trinajstić information content (AvgIpc) is 3.28. The van der Waals surface area contributed by atoms with Gasteiger partial charge in [0.25, 0.3) is 0 Å². The lowest BCUT2D eigenvalue weighted by atomic mass is 9.88. The second-order valence-electron chi connectivity index (χ2n) is 14.2. The van der Waals surface area contributed by atoms with Crippen molar-refractivity contribution in [3.8, 4) is 67.7 Å². The van der Waals surface area contributed by atoms with E-state index in [4.69, 9.17) is 19.9 Å². The highest BCUT2D eigenvalue weighted by Crippen LogP contribution is 2.44. The molecule has 4 nitrogen and oxygen atoms in total. The van der Waals surface area contributed by atoms with Crippen molar-refractivity contribution in [2.75, 3.05) is 0 Å². The first-order chi connectivity index (χ1) is 27.7. The molecule has 11 aromatic rings. The van der Waals surface area contributed by atoms with Gasteiger partial charge in [0.1, 0.15) is 0 Å². The lowest BCUT2D eigenvalue weighted by Gasteiger charge is -2.18. The van der Waals surface area contributed by atoms with Crippen LogP contribution >= 0.6 is 0 Å². The van der Waals surface area contributed by atoms with Crippen LogP contribution in [0.2, 0.25) is 0 Å². The van der Waals surface area contributed by atoms with Crippen molar-refractivity contribution in [2.24, 2.45) is 0 Å². The van der Waals surface area contributed by atoms with Crippen LogP contribution in [0.1, 0.15) is 0 Å². The first kappa shape index (κ1) is 31.9. The zero-order valence-electron chi connectivity index (χ0n) is 30.3. The molecule has 0 bridgehead atoms. The highest BCUT2D eigenvalue weighted by Gasteiger charge is 2.21. The second-order valence-corrected chi connectivity index (χ2v) is 14.2. The minimum atomic E-state index is 0.670. The number of hydrogen-bond acceptors (Lipinski definition) is 4. The van der Waals surface area contributed by atoms with E-state index < -0.39 is 0 Å². The first-order valence-corrected chi connectivity index (χ1v) is 18.9. The van der Waals surface area contributed by atoms with Crippen LogP contribution in [0, 0.1) is 0 Å². The van der Waals surface area contributed by atoms with Crippen LogP contribution < -0.4 is 0 Å². The van der Waals surface area contributed by atoms with Gasteiger partial charge in [-0.15, -0.1) is 0 Å². The van der Waals surface area contributed by atoms with Gasteiger partial charge in [0, 0.05) is 33.2 Å². The summed E-state index contributed by atoms with van der Waals surface area (Å²) in [4.78, 5) is 21.2. The van der Waals surface area contributed by atoms with E-state index in [1.54, 1.807) is 0 Å². The smallest absolute Gasteiger partial charge is 0.161 e. The number of para-hydroxylation sites is 1. The summed E-state index contributed by atoms with van der Waals surface area (Å²) in [6.45, 7) is 0. The summed E-state index contributed by atoms with van der Waals surface area (Å²) in [5, 5.41) is 8.03. The fourth-order valence-electron chi connectivity index (χ4n) is 8.18. The van der Waals surface area contributed by atoms with E-state index in [1.165, 1.54) is 27.1 Å². The van der Waals surface area contributed by atoms with E-state index in [1.807, 2.05) is 24.3 Å². The summed E-state index contributed by atoms with van der Waals surface area (Å²) in [6, 6.07) is 67.9. The molecule has 4 heteroatoms. The molecule has 0 unspecified atom stereocenters. The van der Waals surface area contributed by atoms with Crippen LogP contribution in [0.3, 0.4) is 0 Å². The van der Waals surface area contributed by atoms with Gasteiger partial charge in [-0.05, 0) is 67.7 Å². The molecule has 0 aliphatic rings. The van der Waals surface area contributed by atoms with Gasteiger partial charge in [-0.25, -0.2) is 19.9 Å². The zero-order chi connectivity index (χ0) is 37.0. The molecule has 0 fully saturated rings. The fourth-order valence-corrected chi connectivity index (χ4v) is 8.18. The quantitative estimate of drug-likeness (QED) is 0.161. The summed E-state index contributed by atoms with van der Waals surface area (Å²) in [6.07, 6.45) is 0. The van der Waals surface area contributed by atoms with Crippen LogP contribution in [0.5, 0.6) is 0 Å². The molecule has 0 radical (unpaired) electrons. The van der Waals surface area contributed by atoms with Crippen molar-refractivity contribution in [1.82, 2.24) is 19.9 Å². The molecular weight excluding hydrogens is 681 g/mol. The van der Waals surface area contributed by atoms with Crippen molar-refractivity contribution in [2.45, 2.75) is 0 Å².